The highest BCUT2D eigenvalue weighted by Gasteiger charge is 2.35. The molecule has 0 saturated heterocycles. The van der Waals surface area contributed by atoms with Gasteiger partial charge < -0.3 is 29.3 Å². The van der Waals surface area contributed by atoms with Crippen molar-refractivity contribution in [3.8, 4) is 0 Å². The molecule has 0 atom stereocenters. The summed E-state index contributed by atoms with van der Waals surface area (Å²) in [5.41, 5.74) is 4.40. The van der Waals surface area contributed by atoms with Gasteiger partial charge >= 0.3 is 0 Å². The molecule has 0 amide bonds. The number of hydrogen-bond donors (Lipinski definition) is 1. The van der Waals surface area contributed by atoms with E-state index < -0.39 is 0 Å². The molecular weight excluding hydrogens is 531 g/mol. The van der Waals surface area contributed by atoms with Crippen molar-refractivity contribution in [2.75, 3.05) is 5.32 Å². The van der Waals surface area contributed by atoms with Gasteiger partial charge in [-0.1, -0.05) is 91.6 Å². The number of thiazole rings is 1. The number of hydrogen-bond acceptors (Lipinski definition) is 3. The summed E-state index contributed by atoms with van der Waals surface area (Å²) < 4.78 is 3.89. The number of anilines is 1. The SMILES string of the molecule is CC1(C)Cc2cccc3sc(C=CC=CC=CC=C4Nc5ccccc5S4)[n+](c23)C1.[I-]. The molecule has 1 N–H and O–H groups in total. The van der Waals surface area contributed by atoms with Crippen molar-refractivity contribution in [1.29, 1.82) is 0 Å². The molecule has 31 heavy (non-hydrogen) atoms. The fourth-order valence-electron chi connectivity index (χ4n) is 4.14. The number of aromatic nitrogens is 1. The number of rotatable bonds is 4. The van der Waals surface area contributed by atoms with Crippen LogP contribution in [0.1, 0.15) is 24.4 Å². The maximum absolute atomic E-state index is 3.43. The lowest BCUT2D eigenvalue weighted by Crippen LogP contribution is -3.00. The molecule has 2 aromatic carbocycles. The first-order chi connectivity index (χ1) is 14.6. The average molecular weight is 557 g/mol. The molecule has 158 valence electrons. The number of para-hydroxylation sites is 2. The van der Waals surface area contributed by atoms with E-state index in [1.807, 2.05) is 11.3 Å². The van der Waals surface area contributed by atoms with Crippen LogP contribution in [0.2, 0.25) is 0 Å². The minimum atomic E-state index is 0. The molecule has 0 radical (unpaired) electrons. The normalized spacial score (nSPS) is 18.2. The molecule has 0 saturated carbocycles. The van der Waals surface area contributed by atoms with Crippen LogP contribution in [0, 0.1) is 5.41 Å². The zero-order chi connectivity index (χ0) is 20.6. The smallest absolute Gasteiger partial charge is 0.262 e. The molecule has 0 aliphatic carbocycles. The minimum absolute atomic E-state index is 0. The number of allylic oxidation sites excluding steroid dienone is 6. The Morgan fingerprint density at radius 2 is 1.77 bits per heavy atom. The molecule has 2 aliphatic rings. The Morgan fingerprint density at radius 3 is 2.65 bits per heavy atom. The number of benzene rings is 2. The van der Waals surface area contributed by atoms with E-state index in [0.29, 0.717) is 5.41 Å². The van der Waals surface area contributed by atoms with E-state index in [2.05, 4.69) is 109 Å². The highest BCUT2D eigenvalue weighted by atomic mass is 127. The Balaban J connectivity index is 0.00000231. The van der Waals surface area contributed by atoms with E-state index in [4.69, 9.17) is 0 Å². The summed E-state index contributed by atoms with van der Waals surface area (Å²) in [5, 5.41) is 5.92. The van der Waals surface area contributed by atoms with E-state index >= 15 is 0 Å². The van der Waals surface area contributed by atoms with Crippen LogP contribution in [0.4, 0.5) is 5.69 Å². The van der Waals surface area contributed by atoms with Gasteiger partial charge in [-0.25, -0.2) is 0 Å². The Labute approximate surface area is 209 Å². The van der Waals surface area contributed by atoms with Crippen molar-refractivity contribution < 1.29 is 28.5 Å². The highest BCUT2D eigenvalue weighted by Crippen LogP contribution is 2.40. The molecule has 3 aromatic rings. The topological polar surface area (TPSA) is 15.9 Å². The summed E-state index contributed by atoms with van der Waals surface area (Å²) in [6.07, 6.45) is 16.0. The summed E-state index contributed by atoms with van der Waals surface area (Å²) in [6.45, 7) is 5.80. The van der Waals surface area contributed by atoms with Crippen molar-refractivity contribution in [2.24, 2.45) is 5.41 Å². The van der Waals surface area contributed by atoms with Crippen molar-refractivity contribution in [1.82, 2.24) is 0 Å². The molecule has 5 rings (SSSR count). The maximum Gasteiger partial charge on any atom is 0.262 e. The third kappa shape index (κ3) is 4.83. The quantitative estimate of drug-likeness (QED) is 0.298. The fourth-order valence-corrected chi connectivity index (χ4v) is 6.18. The lowest BCUT2D eigenvalue weighted by atomic mass is 9.83. The van der Waals surface area contributed by atoms with Gasteiger partial charge in [-0.05, 0) is 30.7 Å². The zero-order valence-electron chi connectivity index (χ0n) is 17.6. The fraction of sp³-hybridized carbons (Fsp3) is 0.192. The number of halogens is 1. The lowest BCUT2D eigenvalue weighted by molar-refractivity contribution is -0.685. The predicted octanol–water partition coefficient (Wildman–Crippen LogP) is 3.96. The molecule has 5 heteroatoms. The number of thioether (sulfide) groups is 1. The van der Waals surface area contributed by atoms with Gasteiger partial charge in [-0.3, -0.25) is 0 Å². The largest absolute Gasteiger partial charge is 1.00 e. The van der Waals surface area contributed by atoms with Gasteiger partial charge in [-0.15, -0.1) is 0 Å². The summed E-state index contributed by atoms with van der Waals surface area (Å²) in [5.74, 6) is 0. The molecular formula is C26H25IN2S2. The van der Waals surface area contributed by atoms with Gasteiger partial charge in [0.15, 0.2) is 6.54 Å². The van der Waals surface area contributed by atoms with Crippen molar-refractivity contribution >= 4 is 45.1 Å². The maximum atomic E-state index is 3.43. The summed E-state index contributed by atoms with van der Waals surface area (Å²) in [6, 6.07) is 15.1. The van der Waals surface area contributed by atoms with E-state index in [9.17, 15) is 0 Å². The average Bonchev–Trinajstić information content (AvgIpc) is 3.28. The van der Waals surface area contributed by atoms with E-state index in [-0.39, 0.29) is 24.0 Å². The zero-order valence-corrected chi connectivity index (χ0v) is 21.4. The van der Waals surface area contributed by atoms with Crippen molar-refractivity contribution in [2.45, 2.75) is 31.7 Å². The van der Waals surface area contributed by atoms with Crippen LogP contribution in [-0.2, 0) is 13.0 Å². The first-order valence-corrected chi connectivity index (χ1v) is 11.9. The van der Waals surface area contributed by atoms with E-state index in [1.165, 1.54) is 31.4 Å². The highest BCUT2D eigenvalue weighted by molar-refractivity contribution is 8.03. The molecule has 0 fully saturated rings. The Morgan fingerprint density at radius 1 is 0.968 bits per heavy atom. The van der Waals surface area contributed by atoms with Crippen molar-refractivity contribution in [3.05, 3.63) is 94.5 Å². The van der Waals surface area contributed by atoms with Crippen LogP contribution in [0.15, 0.2) is 88.8 Å². The van der Waals surface area contributed by atoms with Crippen LogP contribution in [-0.4, -0.2) is 0 Å². The van der Waals surface area contributed by atoms with Crippen LogP contribution in [0.5, 0.6) is 0 Å². The Kier molecular flexibility index (Phi) is 6.74. The molecule has 2 aliphatic heterocycles. The molecule has 3 heterocycles. The van der Waals surface area contributed by atoms with Crippen LogP contribution < -0.4 is 33.9 Å². The molecule has 0 bridgehead atoms. The number of fused-ring (bicyclic) bond motifs is 1. The standard InChI is InChI=1S/C26H24N2S2.HI/c1-26(2)17-19-11-10-14-22-25(19)28(18-26)24(30-22)16-7-5-3-4-6-15-23-27-20-12-8-9-13-21(20)29-23;/h3-16H,17-18H2,1-2H3;1H. The van der Waals surface area contributed by atoms with Gasteiger partial charge in [0.1, 0.15) is 4.70 Å². The first kappa shape index (κ1) is 22.4. The monoisotopic (exact) mass is 556 g/mol. The van der Waals surface area contributed by atoms with Gasteiger partial charge in [0, 0.05) is 21.9 Å². The number of nitrogens with zero attached hydrogens (tertiary/aromatic N) is 1. The predicted molar refractivity (Wildman–Crippen MR) is 131 cm³/mol. The summed E-state index contributed by atoms with van der Waals surface area (Å²) in [7, 11) is 0. The molecule has 0 spiro atoms. The van der Waals surface area contributed by atoms with Crippen LogP contribution in [0.25, 0.3) is 16.3 Å². The van der Waals surface area contributed by atoms with Crippen molar-refractivity contribution in [3.63, 3.8) is 0 Å². The van der Waals surface area contributed by atoms with Gasteiger partial charge in [0.25, 0.3) is 5.01 Å². The van der Waals surface area contributed by atoms with Crippen LogP contribution in [0.3, 0.4) is 0 Å². The van der Waals surface area contributed by atoms with Gasteiger partial charge in [0.2, 0.25) is 5.52 Å². The second-order valence-electron chi connectivity index (χ2n) is 8.51. The second-order valence-corrected chi connectivity index (χ2v) is 10.7. The van der Waals surface area contributed by atoms with Gasteiger partial charge in [0.05, 0.1) is 10.7 Å². The second kappa shape index (κ2) is 9.35. The number of nitrogens with one attached hydrogen (secondary N) is 1. The van der Waals surface area contributed by atoms with Gasteiger partial charge in [-0.2, -0.15) is 4.57 Å². The molecule has 0 unspecified atom stereocenters. The summed E-state index contributed by atoms with van der Waals surface area (Å²) in [4.78, 5) is 1.28. The van der Waals surface area contributed by atoms with E-state index in [1.54, 1.807) is 11.8 Å². The molecule has 1 aromatic heterocycles. The Bertz CT molecular complexity index is 1200. The minimum Gasteiger partial charge on any atom is -1.00 e. The first-order valence-electron chi connectivity index (χ1n) is 10.3. The van der Waals surface area contributed by atoms with Crippen LogP contribution >= 0.6 is 23.1 Å². The lowest BCUT2D eigenvalue weighted by Gasteiger charge is -2.25. The molecule has 2 nitrogen and oxygen atoms in total. The Hall–Kier alpha value is -1.83. The third-order valence-electron chi connectivity index (χ3n) is 5.38. The third-order valence-corrected chi connectivity index (χ3v) is 7.53. The summed E-state index contributed by atoms with van der Waals surface area (Å²) >= 11 is 3.66. The van der Waals surface area contributed by atoms with E-state index in [0.717, 1.165) is 18.0 Å².